The highest BCUT2D eigenvalue weighted by molar-refractivity contribution is 7.22. The number of ether oxygens (including phenoxy) is 1. The van der Waals surface area contributed by atoms with Gasteiger partial charge in [-0.25, -0.2) is 14.8 Å². The highest BCUT2D eigenvalue weighted by Gasteiger charge is 2.51. The van der Waals surface area contributed by atoms with E-state index in [-0.39, 0.29) is 12.3 Å². The van der Waals surface area contributed by atoms with Crippen LogP contribution in [0.1, 0.15) is 67.2 Å². The number of fused-ring (bicyclic) bond motifs is 2. The highest BCUT2D eigenvalue weighted by Crippen LogP contribution is 2.60. The number of carbonyl (C=O) groups excluding carboxylic acids is 1. The highest BCUT2D eigenvalue weighted by atomic mass is 32.1. The molecule has 0 saturated heterocycles. The molecule has 5 aromatic heterocycles. The van der Waals surface area contributed by atoms with Crippen LogP contribution in [0.25, 0.3) is 38.2 Å². The van der Waals surface area contributed by atoms with Gasteiger partial charge in [-0.1, -0.05) is 23.5 Å². The number of rotatable bonds is 8. The molecule has 4 aliphatic carbocycles. The van der Waals surface area contributed by atoms with Gasteiger partial charge in [0.1, 0.15) is 5.82 Å². The number of nitrogens with zero attached hydrogens (tertiary/aromatic N) is 7. The number of hydrogen-bond donors (Lipinski definition) is 1. The van der Waals surface area contributed by atoms with Gasteiger partial charge >= 0.3 is 5.97 Å². The van der Waals surface area contributed by atoms with Crippen molar-refractivity contribution in [2.45, 2.75) is 65.8 Å². The van der Waals surface area contributed by atoms with E-state index in [1.54, 1.807) is 11.3 Å². The van der Waals surface area contributed by atoms with E-state index in [1.165, 1.54) is 38.5 Å². The third kappa shape index (κ3) is 4.89. The molecule has 0 amide bonds. The maximum Gasteiger partial charge on any atom is 0.357 e. The summed E-state index contributed by atoms with van der Waals surface area (Å²) in [5, 5.41) is 19.1. The Labute approximate surface area is 282 Å². The van der Waals surface area contributed by atoms with Gasteiger partial charge in [0.05, 0.1) is 23.0 Å². The van der Waals surface area contributed by atoms with E-state index < -0.39 is 5.97 Å². The quantitative estimate of drug-likeness (QED) is 0.164. The second kappa shape index (κ2) is 11.2. The molecule has 5 heterocycles. The summed E-state index contributed by atoms with van der Waals surface area (Å²) in [4.78, 5) is 23.0. The first-order valence-electron chi connectivity index (χ1n) is 17.0. The summed E-state index contributed by atoms with van der Waals surface area (Å²) < 4.78 is 10.7. The molecule has 10 nitrogen and oxygen atoms in total. The number of hydrogen-bond acceptors (Lipinski definition) is 9. The number of anilines is 2. The zero-order valence-electron chi connectivity index (χ0n) is 27.4. The van der Waals surface area contributed by atoms with Gasteiger partial charge in [-0.3, -0.25) is 9.25 Å². The Morgan fingerprint density at radius 2 is 1.75 bits per heavy atom. The van der Waals surface area contributed by atoms with Gasteiger partial charge in [-0.2, -0.15) is 5.10 Å². The van der Waals surface area contributed by atoms with Crippen molar-refractivity contribution in [3.8, 4) is 16.9 Å². The lowest BCUT2D eigenvalue weighted by Gasteiger charge is -2.56. The van der Waals surface area contributed by atoms with E-state index in [2.05, 4.69) is 38.2 Å². The van der Waals surface area contributed by atoms with Crippen molar-refractivity contribution in [1.29, 1.82) is 0 Å². The predicted octanol–water partition coefficient (Wildman–Crippen LogP) is 8.04. The lowest BCUT2D eigenvalue weighted by atomic mass is 9.49. The molecule has 1 N–H and O–H groups in total. The molecule has 48 heavy (non-hydrogen) atoms. The minimum Gasteiger partial charge on any atom is -0.461 e. The van der Waals surface area contributed by atoms with Gasteiger partial charge in [0.15, 0.2) is 22.3 Å². The van der Waals surface area contributed by atoms with Crippen molar-refractivity contribution in [3.05, 3.63) is 71.8 Å². The second-order valence-electron chi connectivity index (χ2n) is 14.2. The standard InChI is InChI=1S/C37H38N8O2S/c1-4-47-35(46)32-27(28-19-38-45(22(28)3)20-37-16-23-13-24(17-37)15-25(14-23)18-37)9-10-31(40-32)44-12-11-26-21(2)33(42-43-34(26)44)41-36-39-29-7-5-6-8-30(29)48-36/h5-12,19,23-25H,4,13-18,20H2,1-3H3,(H,39,41,42). The molecule has 4 bridgehead atoms. The Hall–Kier alpha value is -4.64. The maximum atomic E-state index is 13.4. The van der Waals surface area contributed by atoms with Crippen LogP contribution in [0.5, 0.6) is 0 Å². The van der Waals surface area contributed by atoms with Gasteiger partial charge < -0.3 is 10.1 Å². The van der Waals surface area contributed by atoms with Gasteiger partial charge in [0, 0.05) is 40.5 Å². The summed E-state index contributed by atoms with van der Waals surface area (Å²) in [7, 11) is 0. The van der Waals surface area contributed by atoms with E-state index in [0.29, 0.717) is 22.7 Å². The average molecular weight is 659 g/mol. The fourth-order valence-corrected chi connectivity index (χ4v) is 10.1. The van der Waals surface area contributed by atoms with E-state index in [0.717, 1.165) is 67.4 Å². The van der Waals surface area contributed by atoms with Crippen LogP contribution in [0.4, 0.5) is 10.9 Å². The first kappa shape index (κ1) is 29.5. The van der Waals surface area contributed by atoms with Crippen LogP contribution < -0.4 is 5.32 Å². The zero-order valence-corrected chi connectivity index (χ0v) is 28.3. The van der Waals surface area contributed by atoms with Gasteiger partial charge in [-0.15, -0.1) is 10.2 Å². The van der Waals surface area contributed by atoms with Crippen LogP contribution in [0.2, 0.25) is 0 Å². The molecule has 4 fully saturated rings. The van der Waals surface area contributed by atoms with Gasteiger partial charge in [0.2, 0.25) is 0 Å². The van der Waals surface area contributed by atoms with E-state index in [9.17, 15) is 4.79 Å². The normalized spacial score (nSPS) is 22.9. The molecular weight excluding hydrogens is 621 g/mol. The molecule has 1 aromatic carbocycles. The van der Waals surface area contributed by atoms with Crippen LogP contribution in [0.15, 0.2) is 54.9 Å². The number of esters is 1. The zero-order chi connectivity index (χ0) is 32.6. The monoisotopic (exact) mass is 658 g/mol. The summed E-state index contributed by atoms with van der Waals surface area (Å²) in [6.45, 7) is 7.15. The van der Waals surface area contributed by atoms with Gasteiger partial charge in [-0.05, 0) is 113 Å². The third-order valence-corrected chi connectivity index (χ3v) is 12.0. The van der Waals surface area contributed by atoms with E-state index in [1.807, 2.05) is 67.2 Å². The molecule has 4 saturated carbocycles. The average Bonchev–Trinajstić information content (AvgIpc) is 3.78. The Morgan fingerprint density at radius 1 is 0.979 bits per heavy atom. The fraction of sp³-hybridized carbons (Fsp3) is 0.405. The fourth-order valence-electron chi connectivity index (χ4n) is 9.28. The smallest absolute Gasteiger partial charge is 0.357 e. The lowest BCUT2D eigenvalue weighted by Crippen LogP contribution is -2.48. The SMILES string of the molecule is CCOC(=O)c1nc(-n2ccc3c(C)c(Nc4nc5ccccc5s4)nnc32)ccc1-c1cnn(CC23CC4CC(CC(C4)C2)C3)c1C. The first-order valence-corrected chi connectivity index (χ1v) is 17.9. The second-order valence-corrected chi connectivity index (χ2v) is 15.2. The van der Waals surface area contributed by atoms with Crippen LogP contribution in [0, 0.1) is 37.0 Å². The summed E-state index contributed by atoms with van der Waals surface area (Å²) in [6.07, 6.45) is 12.1. The van der Waals surface area contributed by atoms with Crippen molar-refractivity contribution in [1.82, 2.24) is 34.5 Å². The van der Waals surface area contributed by atoms with Crippen LogP contribution in [0.3, 0.4) is 0 Å². The van der Waals surface area contributed by atoms with E-state index in [4.69, 9.17) is 14.8 Å². The Morgan fingerprint density at radius 3 is 2.50 bits per heavy atom. The Kier molecular flexibility index (Phi) is 6.90. The van der Waals surface area contributed by atoms with Crippen molar-refractivity contribution < 1.29 is 9.53 Å². The topological polar surface area (TPSA) is 113 Å². The molecule has 0 aliphatic heterocycles. The molecule has 0 spiro atoms. The van der Waals surface area contributed by atoms with Crippen molar-refractivity contribution in [2.24, 2.45) is 23.2 Å². The summed E-state index contributed by atoms with van der Waals surface area (Å²) in [5.74, 6) is 3.42. The summed E-state index contributed by atoms with van der Waals surface area (Å²) in [5.41, 5.74) is 5.87. The number of aromatic nitrogens is 7. The number of nitrogens with one attached hydrogen (secondary N) is 1. The molecule has 0 unspecified atom stereocenters. The molecule has 0 atom stereocenters. The number of thiazole rings is 1. The minimum atomic E-state index is -0.455. The third-order valence-electron chi connectivity index (χ3n) is 11.0. The number of benzene rings is 1. The van der Waals surface area contributed by atoms with Crippen molar-refractivity contribution in [2.75, 3.05) is 11.9 Å². The molecular formula is C37H38N8O2S. The number of carbonyl (C=O) groups is 1. The van der Waals surface area contributed by atoms with Crippen LogP contribution in [-0.2, 0) is 11.3 Å². The van der Waals surface area contributed by atoms with E-state index >= 15 is 0 Å². The van der Waals surface area contributed by atoms with Crippen LogP contribution in [-0.4, -0.2) is 47.1 Å². The predicted molar refractivity (Wildman–Crippen MR) is 187 cm³/mol. The van der Waals surface area contributed by atoms with Crippen molar-refractivity contribution in [3.63, 3.8) is 0 Å². The summed E-state index contributed by atoms with van der Waals surface area (Å²) >= 11 is 1.58. The lowest BCUT2D eigenvalue weighted by molar-refractivity contribution is -0.0638. The number of pyridine rings is 1. The number of para-hydroxylation sites is 1. The molecule has 10 rings (SSSR count). The molecule has 6 aromatic rings. The van der Waals surface area contributed by atoms with Crippen LogP contribution >= 0.6 is 11.3 Å². The molecule has 244 valence electrons. The summed E-state index contributed by atoms with van der Waals surface area (Å²) in [6, 6.07) is 13.9. The molecule has 11 heteroatoms. The minimum absolute atomic E-state index is 0.260. The molecule has 0 radical (unpaired) electrons. The molecule has 4 aliphatic rings. The number of aryl methyl sites for hydroxylation is 1. The first-order chi connectivity index (χ1) is 23.4. The maximum absolute atomic E-state index is 13.4. The van der Waals surface area contributed by atoms with Gasteiger partial charge in [0.25, 0.3) is 0 Å². The Bertz CT molecular complexity index is 2150. The largest absolute Gasteiger partial charge is 0.461 e. The van der Waals surface area contributed by atoms with Crippen molar-refractivity contribution >= 4 is 49.5 Å². The Balaban J connectivity index is 1.04.